The van der Waals surface area contributed by atoms with Crippen molar-refractivity contribution in [2.45, 2.75) is 26.6 Å². The molecule has 0 bridgehead atoms. The van der Waals surface area contributed by atoms with Crippen LogP contribution in [0.2, 0.25) is 0 Å². The summed E-state index contributed by atoms with van der Waals surface area (Å²) in [5.41, 5.74) is 3.23. The summed E-state index contributed by atoms with van der Waals surface area (Å²) >= 11 is 0. The summed E-state index contributed by atoms with van der Waals surface area (Å²) in [5.74, 6) is 0.535. The Bertz CT molecular complexity index is 1560. The Morgan fingerprint density at radius 2 is 1.41 bits per heavy atom. The van der Waals surface area contributed by atoms with Crippen molar-refractivity contribution in [1.82, 2.24) is 9.78 Å². The number of amides is 1. The molecule has 5 rings (SSSR count). The molecule has 0 saturated carbocycles. The maximum absolute atomic E-state index is 13.5. The van der Waals surface area contributed by atoms with Crippen molar-refractivity contribution >= 4 is 22.4 Å². The molecule has 0 fully saturated rings. The third-order valence-electron chi connectivity index (χ3n) is 6.22. The van der Waals surface area contributed by atoms with Gasteiger partial charge in [-0.05, 0) is 48.4 Å². The number of benzene rings is 4. The lowest BCUT2D eigenvalue weighted by atomic mass is 10.1. The van der Waals surface area contributed by atoms with Gasteiger partial charge in [-0.15, -0.1) is 0 Å². The number of carbonyl (C=O) groups excluding carboxylic acids is 1. The highest BCUT2D eigenvalue weighted by Crippen LogP contribution is 2.20. The molecule has 1 aromatic heterocycles. The Labute approximate surface area is 215 Å². The Morgan fingerprint density at radius 1 is 0.784 bits per heavy atom. The van der Waals surface area contributed by atoms with Crippen LogP contribution in [0.25, 0.3) is 10.8 Å². The molecule has 0 saturated heterocycles. The van der Waals surface area contributed by atoms with E-state index < -0.39 is 0 Å². The van der Waals surface area contributed by atoms with E-state index in [1.54, 1.807) is 11.0 Å². The first kappa shape index (κ1) is 24.0. The van der Waals surface area contributed by atoms with Crippen LogP contribution < -0.4 is 15.2 Å². The maximum Gasteiger partial charge on any atom is 0.275 e. The number of para-hydroxylation sites is 1. The summed E-state index contributed by atoms with van der Waals surface area (Å²) in [5, 5.41) is 5.77. The average Bonchev–Trinajstić information content (AvgIpc) is 2.95. The van der Waals surface area contributed by atoms with Crippen LogP contribution in [-0.4, -0.2) is 15.7 Å². The van der Waals surface area contributed by atoms with Crippen LogP contribution in [0.3, 0.4) is 0 Å². The van der Waals surface area contributed by atoms with Crippen LogP contribution in [0.5, 0.6) is 5.75 Å². The van der Waals surface area contributed by atoms with E-state index in [4.69, 9.17) is 4.74 Å². The first-order valence-electron chi connectivity index (χ1n) is 12.2. The Morgan fingerprint density at radius 3 is 2.11 bits per heavy atom. The predicted molar refractivity (Wildman–Crippen MR) is 146 cm³/mol. The standard InChI is InChI=1S/C31H27N3O3/c1-23-28-14-8-9-15-29(28)31(36)34(32-23)21-30(35)33(26-12-6-3-7-13-26)20-24-16-18-27(19-17-24)37-22-25-10-4-2-5-11-25/h2-19H,20-22H2,1H3. The Kier molecular flexibility index (Phi) is 7.08. The fraction of sp³-hybridized carbons (Fsp3) is 0.129. The summed E-state index contributed by atoms with van der Waals surface area (Å²) in [6.07, 6.45) is 0. The van der Waals surface area contributed by atoms with Gasteiger partial charge in [-0.1, -0.05) is 78.9 Å². The number of rotatable bonds is 8. The molecule has 6 heteroatoms. The van der Waals surface area contributed by atoms with Crippen molar-refractivity contribution in [3.05, 3.63) is 136 Å². The van der Waals surface area contributed by atoms with E-state index in [1.165, 1.54) is 4.68 Å². The van der Waals surface area contributed by atoms with Gasteiger partial charge < -0.3 is 9.64 Å². The highest BCUT2D eigenvalue weighted by Gasteiger charge is 2.19. The zero-order valence-corrected chi connectivity index (χ0v) is 20.6. The van der Waals surface area contributed by atoms with Crippen LogP contribution in [0.15, 0.2) is 114 Å². The third-order valence-corrected chi connectivity index (χ3v) is 6.22. The molecule has 0 aliphatic heterocycles. The minimum absolute atomic E-state index is 0.155. The molecule has 0 radical (unpaired) electrons. The quantitative estimate of drug-likeness (QED) is 0.288. The second-order valence-electron chi connectivity index (χ2n) is 8.83. The topological polar surface area (TPSA) is 64.4 Å². The van der Waals surface area contributed by atoms with Gasteiger partial charge in [0, 0.05) is 11.1 Å². The van der Waals surface area contributed by atoms with Crippen molar-refractivity contribution in [2.24, 2.45) is 0 Å². The van der Waals surface area contributed by atoms with E-state index in [2.05, 4.69) is 5.10 Å². The lowest BCUT2D eigenvalue weighted by Gasteiger charge is -2.23. The number of anilines is 1. The van der Waals surface area contributed by atoms with E-state index in [-0.39, 0.29) is 18.0 Å². The van der Waals surface area contributed by atoms with Crippen LogP contribution in [0, 0.1) is 6.92 Å². The normalized spacial score (nSPS) is 10.8. The molecule has 0 unspecified atom stereocenters. The van der Waals surface area contributed by atoms with Crippen LogP contribution in [0.4, 0.5) is 5.69 Å². The maximum atomic E-state index is 13.5. The van der Waals surface area contributed by atoms with Crippen molar-refractivity contribution in [3.63, 3.8) is 0 Å². The monoisotopic (exact) mass is 489 g/mol. The minimum Gasteiger partial charge on any atom is -0.489 e. The van der Waals surface area contributed by atoms with Gasteiger partial charge in [0.1, 0.15) is 18.9 Å². The molecule has 0 N–H and O–H groups in total. The second-order valence-corrected chi connectivity index (χ2v) is 8.83. The Hall–Kier alpha value is -4.71. The summed E-state index contributed by atoms with van der Waals surface area (Å²) in [7, 11) is 0. The number of aromatic nitrogens is 2. The average molecular weight is 490 g/mol. The van der Waals surface area contributed by atoms with Gasteiger partial charge in [0.15, 0.2) is 0 Å². The van der Waals surface area contributed by atoms with Gasteiger partial charge in [-0.3, -0.25) is 9.59 Å². The largest absolute Gasteiger partial charge is 0.489 e. The molecule has 0 atom stereocenters. The van der Waals surface area contributed by atoms with E-state index in [1.807, 2.05) is 110 Å². The number of hydrogen-bond acceptors (Lipinski definition) is 4. The molecule has 6 nitrogen and oxygen atoms in total. The van der Waals surface area contributed by atoms with E-state index in [0.717, 1.165) is 28.0 Å². The van der Waals surface area contributed by atoms with Gasteiger partial charge in [-0.2, -0.15) is 5.10 Å². The van der Waals surface area contributed by atoms with Gasteiger partial charge in [-0.25, -0.2) is 4.68 Å². The SMILES string of the molecule is Cc1nn(CC(=O)N(Cc2ccc(OCc3ccccc3)cc2)c2ccccc2)c(=O)c2ccccc12. The number of ether oxygens (including phenoxy) is 1. The van der Waals surface area contributed by atoms with Crippen LogP contribution in [0.1, 0.15) is 16.8 Å². The first-order chi connectivity index (χ1) is 18.1. The number of carbonyl (C=O) groups is 1. The molecule has 5 aromatic rings. The van der Waals surface area contributed by atoms with Gasteiger partial charge in [0.25, 0.3) is 5.56 Å². The van der Waals surface area contributed by atoms with Gasteiger partial charge in [0.05, 0.1) is 17.6 Å². The predicted octanol–water partition coefficient (Wildman–Crippen LogP) is 5.52. The highest BCUT2D eigenvalue weighted by atomic mass is 16.5. The summed E-state index contributed by atoms with van der Waals surface area (Å²) in [6, 6.07) is 34.5. The fourth-order valence-corrected chi connectivity index (χ4v) is 4.27. The molecule has 4 aromatic carbocycles. The van der Waals surface area contributed by atoms with Crippen molar-refractivity contribution < 1.29 is 9.53 Å². The molecule has 1 heterocycles. The van der Waals surface area contributed by atoms with Crippen LogP contribution in [-0.2, 0) is 24.5 Å². The van der Waals surface area contributed by atoms with E-state index >= 15 is 0 Å². The van der Waals surface area contributed by atoms with Crippen molar-refractivity contribution in [1.29, 1.82) is 0 Å². The van der Waals surface area contributed by atoms with Crippen molar-refractivity contribution in [3.8, 4) is 5.75 Å². The molecule has 1 amide bonds. The zero-order chi connectivity index (χ0) is 25.6. The second kappa shape index (κ2) is 10.9. The lowest BCUT2D eigenvalue weighted by molar-refractivity contribution is -0.119. The molecule has 0 aliphatic carbocycles. The number of nitrogens with zero attached hydrogens (tertiary/aromatic N) is 3. The minimum atomic E-state index is -0.275. The molecule has 184 valence electrons. The molecule has 0 aliphatic rings. The molecular formula is C31H27N3O3. The number of fused-ring (bicyclic) bond motifs is 1. The van der Waals surface area contributed by atoms with Crippen molar-refractivity contribution in [2.75, 3.05) is 4.90 Å². The molecule has 0 spiro atoms. The van der Waals surface area contributed by atoms with E-state index in [0.29, 0.717) is 24.2 Å². The summed E-state index contributed by atoms with van der Waals surface area (Å²) < 4.78 is 7.16. The Balaban J connectivity index is 1.36. The fourth-order valence-electron chi connectivity index (χ4n) is 4.27. The number of aryl methyl sites for hydroxylation is 1. The highest BCUT2D eigenvalue weighted by molar-refractivity contribution is 5.93. The third kappa shape index (κ3) is 5.59. The number of hydrogen-bond donors (Lipinski definition) is 0. The summed E-state index contributed by atoms with van der Waals surface area (Å²) in [4.78, 5) is 28.3. The first-order valence-corrected chi connectivity index (χ1v) is 12.2. The van der Waals surface area contributed by atoms with E-state index in [9.17, 15) is 9.59 Å². The zero-order valence-electron chi connectivity index (χ0n) is 20.6. The molecular weight excluding hydrogens is 462 g/mol. The smallest absolute Gasteiger partial charge is 0.275 e. The van der Waals surface area contributed by atoms with Crippen LogP contribution >= 0.6 is 0 Å². The van der Waals surface area contributed by atoms with Gasteiger partial charge in [0.2, 0.25) is 5.91 Å². The van der Waals surface area contributed by atoms with Gasteiger partial charge >= 0.3 is 0 Å². The lowest BCUT2D eigenvalue weighted by Crippen LogP contribution is -2.37. The summed E-state index contributed by atoms with van der Waals surface area (Å²) in [6.45, 7) is 2.53. The molecule has 37 heavy (non-hydrogen) atoms.